The maximum absolute atomic E-state index is 11.9. The van der Waals surface area contributed by atoms with Crippen molar-refractivity contribution in [1.82, 2.24) is 5.32 Å². The highest BCUT2D eigenvalue weighted by Gasteiger charge is 2.16. The second-order valence-electron chi connectivity index (χ2n) is 5.49. The van der Waals surface area contributed by atoms with E-state index in [1.54, 1.807) is 0 Å². The molecule has 0 spiro atoms. The number of para-hydroxylation sites is 1. The Morgan fingerprint density at radius 1 is 1.33 bits per heavy atom. The fraction of sp³-hybridized carbons (Fsp3) is 0.500. The summed E-state index contributed by atoms with van der Waals surface area (Å²) in [5, 5.41) is 2.95. The smallest absolute Gasteiger partial charge is 0.239 e. The number of hydrogen-bond acceptors (Lipinski definition) is 3. The molecule has 3 N–H and O–H groups in total. The molecule has 0 radical (unpaired) electrons. The van der Waals surface area contributed by atoms with Crippen LogP contribution in [0.2, 0.25) is 0 Å². The van der Waals surface area contributed by atoms with E-state index in [1.165, 1.54) is 0 Å². The normalized spacial score (nSPS) is 11.2. The lowest BCUT2D eigenvalue weighted by atomic mass is 10.1. The number of carbonyl (C=O) groups excluding carboxylic acids is 1. The Morgan fingerprint density at radius 3 is 2.50 bits per heavy atom. The van der Waals surface area contributed by atoms with Gasteiger partial charge in [0.25, 0.3) is 0 Å². The van der Waals surface area contributed by atoms with Crippen molar-refractivity contribution < 1.29 is 4.79 Å². The zero-order valence-electron chi connectivity index (χ0n) is 11.7. The summed E-state index contributed by atoms with van der Waals surface area (Å²) in [6.45, 7) is 6.71. The van der Waals surface area contributed by atoms with Crippen LogP contribution in [-0.4, -0.2) is 25.0 Å². The Kier molecular flexibility index (Phi) is 4.73. The molecule has 0 bridgehead atoms. The van der Waals surface area contributed by atoms with E-state index in [-0.39, 0.29) is 11.4 Å². The molecule has 0 aliphatic rings. The van der Waals surface area contributed by atoms with Crippen LogP contribution in [0.4, 0.5) is 5.69 Å². The van der Waals surface area contributed by atoms with Crippen LogP contribution in [0.5, 0.6) is 0 Å². The molecule has 0 aliphatic carbocycles. The molecule has 0 aromatic heterocycles. The number of nitrogens with one attached hydrogen (secondary N) is 1. The fourth-order valence-electron chi connectivity index (χ4n) is 1.81. The lowest BCUT2D eigenvalue weighted by Crippen LogP contribution is -2.45. The second kappa shape index (κ2) is 5.87. The van der Waals surface area contributed by atoms with Gasteiger partial charge in [-0.3, -0.25) is 4.79 Å². The SMILES string of the molecule is CN(CC(=O)NC(C)(C)C)c1ccccc1CN. The molecular weight excluding hydrogens is 226 g/mol. The number of carbonyl (C=O) groups is 1. The van der Waals surface area contributed by atoms with Crippen LogP contribution < -0.4 is 16.0 Å². The van der Waals surface area contributed by atoms with Crippen molar-refractivity contribution in [2.24, 2.45) is 5.73 Å². The summed E-state index contributed by atoms with van der Waals surface area (Å²) in [5.41, 5.74) is 7.54. The summed E-state index contributed by atoms with van der Waals surface area (Å²) in [5.74, 6) is 0.0109. The number of rotatable bonds is 4. The Labute approximate surface area is 109 Å². The van der Waals surface area contributed by atoms with Gasteiger partial charge in [-0.2, -0.15) is 0 Å². The highest BCUT2D eigenvalue weighted by atomic mass is 16.2. The molecule has 4 nitrogen and oxygen atoms in total. The van der Waals surface area contributed by atoms with Crippen molar-refractivity contribution in [2.45, 2.75) is 32.9 Å². The van der Waals surface area contributed by atoms with Crippen LogP contribution in [0.25, 0.3) is 0 Å². The summed E-state index contributed by atoms with van der Waals surface area (Å²) >= 11 is 0. The summed E-state index contributed by atoms with van der Waals surface area (Å²) in [4.78, 5) is 13.8. The third-order valence-corrected chi connectivity index (χ3v) is 2.52. The number of amides is 1. The quantitative estimate of drug-likeness (QED) is 0.850. The van der Waals surface area contributed by atoms with E-state index >= 15 is 0 Å². The van der Waals surface area contributed by atoms with Crippen LogP contribution in [0.15, 0.2) is 24.3 Å². The predicted molar refractivity (Wildman–Crippen MR) is 75.5 cm³/mol. The van der Waals surface area contributed by atoms with Gasteiger partial charge in [-0.05, 0) is 32.4 Å². The van der Waals surface area contributed by atoms with Gasteiger partial charge in [0.05, 0.1) is 6.54 Å². The molecule has 0 unspecified atom stereocenters. The molecule has 0 saturated carbocycles. The average molecular weight is 249 g/mol. The monoisotopic (exact) mass is 249 g/mol. The van der Waals surface area contributed by atoms with Gasteiger partial charge in [0.1, 0.15) is 0 Å². The number of nitrogens with two attached hydrogens (primary N) is 1. The molecule has 4 heteroatoms. The lowest BCUT2D eigenvalue weighted by Gasteiger charge is -2.25. The molecule has 0 atom stereocenters. The first-order chi connectivity index (χ1) is 8.33. The van der Waals surface area contributed by atoms with E-state index in [9.17, 15) is 4.79 Å². The van der Waals surface area contributed by atoms with Crippen molar-refractivity contribution in [3.63, 3.8) is 0 Å². The van der Waals surface area contributed by atoms with Crippen molar-refractivity contribution in [1.29, 1.82) is 0 Å². The van der Waals surface area contributed by atoms with E-state index in [2.05, 4.69) is 5.32 Å². The molecule has 1 aromatic carbocycles. The molecule has 1 amide bonds. The number of benzene rings is 1. The van der Waals surface area contributed by atoms with Crippen LogP contribution in [0.3, 0.4) is 0 Å². The van der Waals surface area contributed by atoms with Crippen LogP contribution in [0, 0.1) is 0 Å². The lowest BCUT2D eigenvalue weighted by molar-refractivity contribution is -0.121. The van der Waals surface area contributed by atoms with Crippen molar-refractivity contribution in [3.05, 3.63) is 29.8 Å². The van der Waals surface area contributed by atoms with E-state index in [0.717, 1.165) is 11.3 Å². The Balaban J connectivity index is 2.70. The molecule has 0 fully saturated rings. The van der Waals surface area contributed by atoms with Gasteiger partial charge in [-0.1, -0.05) is 18.2 Å². The van der Waals surface area contributed by atoms with Crippen LogP contribution in [0.1, 0.15) is 26.3 Å². The van der Waals surface area contributed by atoms with Gasteiger partial charge in [0.2, 0.25) is 5.91 Å². The van der Waals surface area contributed by atoms with Crippen molar-refractivity contribution >= 4 is 11.6 Å². The molecule has 0 aliphatic heterocycles. The predicted octanol–water partition coefficient (Wildman–Crippen LogP) is 1.50. The Hall–Kier alpha value is -1.55. The third kappa shape index (κ3) is 4.37. The Bertz CT molecular complexity index is 410. The van der Waals surface area contributed by atoms with Gasteiger partial charge < -0.3 is 16.0 Å². The maximum atomic E-state index is 11.9. The van der Waals surface area contributed by atoms with Crippen molar-refractivity contribution in [2.75, 3.05) is 18.5 Å². The number of nitrogens with zero attached hydrogens (tertiary/aromatic N) is 1. The molecule has 1 rings (SSSR count). The zero-order valence-corrected chi connectivity index (χ0v) is 11.7. The minimum atomic E-state index is -0.203. The molecule has 1 aromatic rings. The van der Waals surface area contributed by atoms with E-state index in [1.807, 2.05) is 57.0 Å². The number of likely N-dealkylation sites (N-methyl/N-ethyl adjacent to an activating group) is 1. The number of hydrogen-bond donors (Lipinski definition) is 2. The van der Waals surface area contributed by atoms with Gasteiger partial charge in [-0.25, -0.2) is 0 Å². The number of anilines is 1. The van der Waals surface area contributed by atoms with Gasteiger partial charge >= 0.3 is 0 Å². The van der Waals surface area contributed by atoms with Crippen molar-refractivity contribution in [3.8, 4) is 0 Å². The Morgan fingerprint density at radius 2 is 1.94 bits per heavy atom. The molecule has 0 saturated heterocycles. The van der Waals surface area contributed by atoms with Gasteiger partial charge in [0.15, 0.2) is 0 Å². The summed E-state index contributed by atoms with van der Waals surface area (Å²) in [6.07, 6.45) is 0. The minimum Gasteiger partial charge on any atom is -0.365 e. The molecular formula is C14H23N3O. The standard InChI is InChI=1S/C14H23N3O/c1-14(2,3)16-13(18)10-17(4)12-8-6-5-7-11(12)9-15/h5-8H,9-10,15H2,1-4H3,(H,16,18). The van der Waals surface area contributed by atoms with Crippen LogP contribution in [-0.2, 0) is 11.3 Å². The fourth-order valence-corrected chi connectivity index (χ4v) is 1.81. The van der Waals surface area contributed by atoms with Gasteiger partial charge in [0, 0.05) is 24.8 Å². The topological polar surface area (TPSA) is 58.4 Å². The van der Waals surface area contributed by atoms with Crippen LogP contribution >= 0.6 is 0 Å². The zero-order chi connectivity index (χ0) is 13.8. The molecule has 18 heavy (non-hydrogen) atoms. The van der Waals surface area contributed by atoms with E-state index in [4.69, 9.17) is 5.73 Å². The average Bonchev–Trinajstić information content (AvgIpc) is 2.26. The maximum Gasteiger partial charge on any atom is 0.239 e. The first kappa shape index (κ1) is 14.5. The highest BCUT2D eigenvalue weighted by Crippen LogP contribution is 2.18. The first-order valence-electron chi connectivity index (χ1n) is 6.13. The first-order valence-corrected chi connectivity index (χ1v) is 6.13. The summed E-state index contributed by atoms with van der Waals surface area (Å²) in [7, 11) is 1.90. The largest absolute Gasteiger partial charge is 0.365 e. The highest BCUT2D eigenvalue weighted by molar-refractivity contribution is 5.82. The van der Waals surface area contributed by atoms with E-state index in [0.29, 0.717) is 13.1 Å². The molecule has 100 valence electrons. The van der Waals surface area contributed by atoms with Gasteiger partial charge in [-0.15, -0.1) is 0 Å². The minimum absolute atomic E-state index is 0.0109. The second-order valence-corrected chi connectivity index (χ2v) is 5.49. The van der Waals surface area contributed by atoms with E-state index < -0.39 is 0 Å². The third-order valence-electron chi connectivity index (χ3n) is 2.52. The summed E-state index contributed by atoms with van der Waals surface area (Å²) in [6, 6.07) is 7.86. The summed E-state index contributed by atoms with van der Waals surface area (Å²) < 4.78 is 0. The molecule has 0 heterocycles.